The Kier molecular flexibility index (Phi) is 3.84. The molecule has 1 aliphatic rings. The molecule has 0 heterocycles. The van der Waals surface area contributed by atoms with Gasteiger partial charge in [-0.1, -0.05) is 24.3 Å². The first kappa shape index (κ1) is 14.6. The molecule has 20 heavy (non-hydrogen) atoms. The van der Waals surface area contributed by atoms with Crippen LogP contribution in [0, 0.1) is 0 Å². The van der Waals surface area contributed by atoms with E-state index in [1.807, 2.05) is 45.0 Å². The molecular formula is C16H21NO3. The molecule has 0 fully saturated rings. The molecule has 1 N–H and O–H groups in total. The first-order valence-electron chi connectivity index (χ1n) is 6.89. The summed E-state index contributed by atoms with van der Waals surface area (Å²) in [5, 5.41) is 2.73. The minimum absolute atomic E-state index is 0.109. The largest absolute Gasteiger partial charge is 0.458 e. The van der Waals surface area contributed by atoms with Gasteiger partial charge >= 0.3 is 5.97 Å². The van der Waals surface area contributed by atoms with Gasteiger partial charge in [0.1, 0.15) is 11.6 Å². The van der Waals surface area contributed by atoms with E-state index in [2.05, 4.69) is 5.32 Å². The summed E-state index contributed by atoms with van der Waals surface area (Å²) in [6, 6.07) is 7.25. The molecule has 1 aliphatic carbocycles. The van der Waals surface area contributed by atoms with Crippen LogP contribution < -0.4 is 5.32 Å². The van der Waals surface area contributed by atoms with Gasteiger partial charge in [0.25, 0.3) is 0 Å². The van der Waals surface area contributed by atoms with E-state index in [9.17, 15) is 9.59 Å². The van der Waals surface area contributed by atoms with E-state index in [-0.39, 0.29) is 11.8 Å². The maximum absolute atomic E-state index is 12.1. The number of fused-ring (bicyclic) bond motifs is 1. The quantitative estimate of drug-likeness (QED) is 0.860. The maximum atomic E-state index is 12.1. The van der Waals surface area contributed by atoms with Gasteiger partial charge in [-0.25, -0.2) is 4.79 Å². The molecule has 2 atom stereocenters. The number of rotatable bonds is 3. The van der Waals surface area contributed by atoms with Crippen LogP contribution in [-0.2, 0) is 20.7 Å². The van der Waals surface area contributed by atoms with E-state index in [1.165, 1.54) is 5.56 Å². The van der Waals surface area contributed by atoms with E-state index in [0.717, 1.165) is 12.0 Å². The fourth-order valence-electron chi connectivity index (χ4n) is 2.26. The van der Waals surface area contributed by atoms with Crippen molar-refractivity contribution in [3.8, 4) is 0 Å². The highest BCUT2D eigenvalue weighted by atomic mass is 16.6. The highest BCUT2D eigenvalue weighted by Gasteiger charge is 2.33. The number of amides is 1. The molecule has 4 heteroatoms. The Morgan fingerprint density at radius 1 is 1.30 bits per heavy atom. The number of esters is 1. The van der Waals surface area contributed by atoms with Gasteiger partial charge in [0.05, 0.1) is 5.92 Å². The lowest BCUT2D eigenvalue weighted by atomic mass is 9.77. The van der Waals surface area contributed by atoms with Crippen LogP contribution in [0.4, 0.5) is 0 Å². The molecule has 1 unspecified atom stereocenters. The molecule has 108 valence electrons. The second kappa shape index (κ2) is 5.27. The van der Waals surface area contributed by atoms with Crippen molar-refractivity contribution < 1.29 is 14.3 Å². The zero-order valence-corrected chi connectivity index (χ0v) is 12.4. The molecule has 0 saturated heterocycles. The normalized spacial score (nSPS) is 18.5. The van der Waals surface area contributed by atoms with Crippen LogP contribution in [0.5, 0.6) is 0 Å². The minimum atomic E-state index is -0.630. The van der Waals surface area contributed by atoms with Crippen LogP contribution in [0.15, 0.2) is 24.3 Å². The van der Waals surface area contributed by atoms with Crippen molar-refractivity contribution in [2.75, 3.05) is 0 Å². The van der Waals surface area contributed by atoms with Crippen molar-refractivity contribution in [1.82, 2.24) is 5.32 Å². The van der Waals surface area contributed by atoms with E-state index in [0.29, 0.717) is 0 Å². The van der Waals surface area contributed by atoms with Crippen LogP contribution in [0.1, 0.15) is 44.7 Å². The summed E-state index contributed by atoms with van der Waals surface area (Å²) < 4.78 is 5.25. The van der Waals surface area contributed by atoms with Crippen molar-refractivity contribution in [2.45, 2.75) is 51.7 Å². The lowest BCUT2D eigenvalue weighted by Gasteiger charge is -2.30. The third-order valence-electron chi connectivity index (χ3n) is 3.29. The summed E-state index contributed by atoms with van der Waals surface area (Å²) in [7, 11) is 0. The molecule has 1 aromatic rings. The molecule has 0 saturated carbocycles. The Morgan fingerprint density at radius 2 is 1.95 bits per heavy atom. The summed E-state index contributed by atoms with van der Waals surface area (Å²) in [6.45, 7) is 7.07. The fourth-order valence-corrected chi connectivity index (χ4v) is 2.26. The number of benzene rings is 1. The number of hydrogen-bond acceptors (Lipinski definition) is 3. The van der Waals surface area contributed by atoms with Crippen molar-refractivity contribution in [3.63, 3.8) is 0 Å². The summed E-state index contributed by atoms with van der Waals surface area (Å²) in [5.74, 6) is -0.656. The monoisotopic (exact) mass is 275 g/mol. The summed E-state index contributed by atoms with van der Waals surface area (Å²) in [6.07, 6.45) is 0.739. The van der Waals surface area contributed by atoms with Crippen molar-refractivity contribution in [1.29, 1.82) is 0 Å². The average molecular weight is 275 g/mol. The van der Waals surface area contributed by atoms with Gasteiger partial charge in [-0.15, -0.1) is 0 Å². The summed E-state index contributed by atoms with van der Waals surface area (Å²) in [5.41, 5.74) is 1.72. The van der Waals surface area contributed by atoms with Crippen molar-refractivity contribution >= 4 is 11.9 Å². The standard InChI is InChI=1S/C16H21NO3/c1-10(15(19)20-16(2,3)4)17-14(18)13-9-11-7-5-6-8-12(11)13/h5-8,10,13H,9H2,1-4H3,(H,17,18)/t10-,13?/m1/s1. The first-order chi connectivity index (χ1) is 9.28. The lowest BCUT2D eigenvalue weighted by molar-refractivity contribution is -0.158. The molecule has 0 spiro atoms. The second-order valence-electron chi connectivity index (χ2n) is 6.22. The predicted molar refractivity (Wildman–Crippen MR) is 76.3 cm³/mol. The number of nitrogens with one attached hydrogen (secondary N) is 1. The zero-order valence-electron chi connectivity index (χ0n) is 12.4. The number of ether oxygens (including phenoxy) is 1. The molecule has 1 amide bonds. The Labute approximate surface area is 119 Å². The molecule has 2 rings (SSSR count). The highest BCUT2D eigenvalue weighted by Crippen LogP contribution is 2.34. The smallest absolute Gasteiger partial charge is 0.328 e. The van der Waals surface area contributed by atoms with E-state index < -0.39 is 17.6 Å². The van der Waals surface area contributed by atoms with Crippen molar-refractivity contribution in [2.24, 2.45) is 0 Å². The van der Waals surface area contributed by atoms with Gasteiger partial charge in [0.15, 0.2) is 0 Å². The fraction of sp³-hybridized carbons (Fsp3) is 0.500. The summed E-state index contributed by atoms with van der Waals surface area (Å²) in [4.78, 5) is 24.0. The van der Waals surface area contributed by atoms with Gasteiger partial charge in [-0.05, 0) is 45.2 Å². The SMILES string of the molecule is C[C@@H](NC(=O)C1Cc2ccccc21)C(=O)OC(C)(C)C. The third kappa shape index (κ3) is 3.18. The van der Waals surface area contributed by atoms with E-state index in [4.69, 9.17) is 4.74 Å². The molecule has 0 aromatic heterocycles. The van der Waals surface area contributed by atoms with Crippen LogP contribution in [-0.4, -0.2) is 23.5 Å². The molecule has 4 nitrogen and oxygen atoms in total. The lowest BCUT2D eigenvalue weighted by Crippen LogP contribution is -2.45. The third-order valence-corrected chi connectivity index (χ3v) is 3.29. The molecule has 0 bridgehead atoms. The highest BCUT2D eigenvalue weighted by molar-refractivity contribution is 5.90. The number of carbonyl (C=O) groups is 2. The van der Waals surface area contributed by atoms with Gasteiger partial charge in [0.2, 0.25) is 5.91 Å². The Balaban J connectivity index is 1.92. The van der Waals surface area contributed by atoms with Gasteiger partial charge < -0.3 is 10.1 Å². The van der Waals surface area contributed by atoms with Crippen LogP contribution in [0.2, 0.25) is 0 Å². The van der Waals surface area contributed by atoms with Crippen LogP contribution in [0.25, 0.3) is 0 Å². The van der Waals surface area contributed by atoms with Crippen LogP contribution >= 0.6 is 0 Å². The Bertz CT molecular complexity index is 531. The minimum Gasteiger partial charge on any atom is -0.458 e. The maximum Gasteiger partial charge on any atom is 0.328 e. The molecular weight excluding hydrogens is 254 g/mol. The van der Waals surface area contributed by atoms with E-state index in [1.54, 1.807) is 6.92 Å². The Hall–Kier alpha value is -1.84. The summed E-state index contributed by atoms with van der Waals surface area (Å²) >= 11 is 0. The number of carbonyl (C=O) groups excluding carboxylic acids is 2. The average Bonchev–Trinajstić information content (AvgIpc) is 2.28. The van der Waals surface area contributed by atoms with E-state index >= 15 is 0 Å². The van der Waals surface area contributed by atoms with Gasteiger partial charge in [0, 0.05) is 0 Å². The topological polar surface area (TPSA) is 55.4 Å². The zero-order chi connectivity index (χ0) is 14.9. The van der Waals surface area contributed by atoms with Crippen LogP contribution in [0.3, 0.4) is 0 Å². The molecule has 1 aromatic carbocycles. The Morgan fingerprint density at radius 3 is 2.55 bits per heavy atom. The van der Waals surface area contributed by atoms with Gasteiger partial charge in [-0.3, -0.25) is 4.79 Å². The second-order valence-corrected chi connectivity index (χ2v) is 6.22. The molecule has 0 aliphatic heterocycles. The van der Waals surface area contributed by atoms with Crippen molar-refractivity contribution in [3.05, 3.63) is 35.4 Å². The predicted octanol–water partition coefficient (Wildman–Crippen LogP) is 2.17. The first-order valence-corrected chi connectivity index (χ1v) is 6.89. The van der Waals surface area contributed by atoms with Gasteiger partial charge in [-0.2, -0.15) is 0 Å². The molecule has 0 radical (unpaired) electrons. The number of hydrogen-bond donors (Lipinski definition) is 1.